The van der Waals surface area contributed by atoms with Crippen LogP contribution in [0.25, 0.3) is 0 Å². The SMILES string of the molecule is CC(O)CCNC(C1CCCCC1)C1CC1. The first kappa shape index (κ1) is 12.4. The summed E-state index contributed by atoms with van der Waals surface area (Å²) >= 11 is 0. The minimum absolute atomic E-state index is 0.154. The van der Waals surface area contributed by atoms with E-state index < -0.39 is 0 Å². The molecule has 2 heteroatoms. The molecule has 0 amide bonds. The van der Waals surface area contributed by atoms with Gasteiger partial charge in [-0.2, -0.15) is 0 Å². The predicted molar refractivity (Wildman–Crippen MR) is 67.4 cm³/mol. The first-order valence-corrected chi connectivity index (χ1v) is 7.19. The number of aliphatic hydroxyl groups excluding tert-OH is 1. The number of rotatable bonds is 6. The molecule has 2 rings (SSSR count). The minimum atomic E-state index is -0.154. The van der Waals surface area contributed by atoms with Crippen LogP contribution < -0.4 is 5.32 Å². The van der Waals surface area contributed by atoms with Crippen molar-refractivity contribution in [3.05, 3.63) is 0 Å². The monoisotopic (exact) mass is 225 g/mol. The highest BCUT2D eigenvalue weighted by Crippen LogP contribution is 2.40. The normalized spacial score (nSPS) is 26.6. The molecule has 2 aliphatic carbocycles. The molecule has 2 fully saturated rings. The van der Waals surface area contributed by atoms with Gasteiger partial charge in [-0.1, -0.05) is 19.3 Å². The zero-order valence-corrected chi connectivity index (χ0v) is 10.6. The molecular formula is C14H27NO. The van der Waals surface area contributed by atoms with Crippen LogP contribution in [0.2, 0.25) is 0 Å². The van der Waals surface area contributed by atoms with Gasteiger partial charge in [-0.3, -0.25) is 0 Å². The molecule has 2 aliphatic rings. The third-order valence-corrected chi connectivity index (χ3v) is 4.23. The summed E-state index contributed by atoms with van der Waals surface area (Å²) in [6.45, 7) is 2.88. The van der Waals surface area contributed by atoms with E-state index >= 15 is 0 Å². The molecule has 0 aromatic rings. The fourth-order valence-electron chi connectivity index (χ4n) is 3.13. The van der Waals surface area contributed by atoms with E-state index in [1.54, 1.807) is 0 Å². The molecule has 0 aromatic carbocycles. The maximum absolute atomic E-state index is 9.29. The standard InChI is InChI=1S/C14H27NO/c1-11(16)9-10-15-14(13-7-8-13)12-5-3-2-4-6-12/h11-16H,2-10H2,1H3. The van der Waals surface area contributed by atoms with Gasteiger partial charge in [0, 0.05) is 6.04 Å². The van der Waals surface area contributed by atoms with E-state index in [2.05, 4.69) is 5.32 Å². The van der Waals surface area contributed by atoms with Crippen molar-refractivity contribution in [2.24, 2.45) is 11.8 Å². The Morgan fingerprint density at radius 1 is 1.06 bits per heavy atom. The summed E-state index contributed by atoms with van der Waals surface area (Å²) in [6.07, 6.45) is 10.8. The minimum Gasteiger partial charge on any atom is -0.393 e. The molecule has 16 heavy (non-hydrogen) atoms. The van der Waals surface area contributed by atoms with E-state index in [1.807, 2.05) is 6.92 Å². The van der Waals surface area contributed by atoms with Crippen molar-refractivity contribution in [3.63, 3.8) is 0 Å². The Bertz CT molecular complexity index is 195. The topological polar surface area (TPSA) is 32.3 Å². The Labute approximate surface area is 99.8 Å². The molecule has 2 nitrogen and oxygen atoms in total. The van der Waals surface area contributed by atoms with Crippen LogP contribution in [0.1, 0.15) is 58.3 Å². The smallest absolute Gasteiger partial charge is 0.0524 e. The van der Waals surface area contributed by atoms with Gasteiger partial charge in [-0.05, 0) is 57.4 Å². The van der Waals surface area contributed by atoms with Crippen LogP contribution in [0.5, 0.6) is 0 Å². The molecule has 2 saturated carbocycles. The Hall–Kier alpha value is -0.0800. The highest BCUT2D eigenvalue weighted by atomic mass is 16.3. The van der Waals surface area contributed by atoms with Crippen LogP contribution in [0.15, 0.2) is 0 Å². The zero-order chi connectivity index (χ0) is 11.4. The molecule has 2 N–H and O–H groups in total. The lowest BCUT2D eigenvalue weighted by molar-refractivity contribution is 0.175. The Balaban J connectivity index is 1.75. The van der Waals surface area contributed by atoms with Crippen LogP contribution in [-0.4, -0.2) is 23.8 Å². The molecular weight excluding hydrogens is 198 g/mol. The second-order valence-electron chi connectivity index (χ2n) is 5.85. The molecule has 94 valence electrons. The lowest BCUT2D eigenvalue weighted by atomic mass is 9.82. The van der Waals surface area contributed by atoms with Gasteiger partial charge < -0.3 is 10.4 Å². The van der Waals surface area contributed by atoms with Crippen molar-refractivity contribution in [2.75, 3.05) is 6.54 Å². The predicted octanol–water partition coefficient (Wildman–Crippen LogP) is 2.71. The average Bonchev–Trinajstić information content (AvgIpc) is 3.09. The summed E-state index contributed by atoms with van der Waals surface area (Å²) < 4.78 is 0. The molecule has 0 aliphatic heterocycles. The van der Waals surface area contributed by atoms with Gasteiger partial charge >= 0.3 is 0 Å². The second kappa shape index (κ2) is 6.02. The number of hydrogen-bond acceptors (Lipinski definition) is 2. The Kier molecular flexibility index (Phi) is 4.66. The third-order valence-electron chi connectivity index (χ3n) is 4.23. The highest BCUT2D eigenvalue weighted by molar-refractivity contribution is 4.91. The van der Waals surface area contributed by atoms with E-state index in [0.717, 1.165) is 30.8 Å². The van der Waals surface area contributed by atoms with Crippen molar-refractivity contribution in [1.29, 1.82) is 0 Å². The van der Waals surface area contributed by atoms with Crippen LogP contribution in [0, 0.1) is 11.8 Å². The largest absolute Gasteiger partial charge is 0.393 e. The van der Waals surface area contributed by atoms with Crippen LogP contribution in [0.4, 0.5) is 0 Å². The van der Waals surface area contributed by atoms with E-state index in [-0.39, 0.29) is 6.10 Å². The summed E-state index contributed by atoms with van der Waals surface area (Å²) in [5.74, 6) is 1.88. The van der Waals surface area contributed by atoms with Gasteiger partial charge in [0.15, 0.2) is 0 Å². The van der Waals surface area contributed by atoms with E-state index in [1.165, 1.54) is 44.9 Å². The van der Waals surface area contributed by atoms with Gasteiger partial charge in [0.2, 0.25) is 0 Å². The summed E-state index contributed by atoms with van der Waals surface area (Å²) in [5.41, 5.74) is 0. The van der Waals surface area contributed by atoms with Crippen molar-refractivity contribution in [3.8, 4) is 0 Å². The molecule has 0 radical (unpaired) electrons. The summed E-state index contributed by atoms with van der Waals surface area (Å²) in [5, 5.41) is 13.0. The zero-order valence-electron chi connectivity index (χ0n) is 10.6. The number of nitrogens with one attached hydrogen (secondary N) is 1. The summed E-state index contributed by atoms with van der Waals surface area (Å²) in [7, 11) is 0. The third kappa shape index (κ3) is 3.74. The Morgan fingerprint density at radius 2 is 1.69 bits per heavy atom. The average molecular weight is 225 g/mol. The van der Waals surface area contributed by atoms with Crippen LogP contribution in [-0.2, 0) is 0 Å². The van der Waals surface area contributed by atoms with E-state index in [9.17, 15) is 5.11 Å². The highest BCUT2D eigenvalue weighted by Gasteiger charge is 2.36. The van der Waals surface area contributed by atoms with Crippen molar-refractivity contribution >= 4 is 0 Å². The maximum Gasteiger partial charge on any atom is 0.0524 e. The lowest BCUT2D eigenvalue weighted by Crippen LogP contribution is -2.40. The molecule has 0 heterocycles. The molecule has 2 atom stereocenters. The van der Waals surface area contributed by atoms with Crippen molar-refractivity contribution < 1.29 is 5.11 Å². The maximum atomic E-state index is 9.29. The fraction of sp³-hybridized carbons (Fsp3) is 1.00. The molecule has 0 bridgehead atoms. The summed E-state index contributed by atoms with van der Waals surface area (Å²) in [4.78, 5) is 0. The molecule has 2 unspecified atom stereocenters. The van der Waals surface area contributed by atoms with E-state index in [0.29, 0.717) is 0 Å². The van der Waals surface area contributed by atoms with Crippen molar-refractivity contribution in [2.45, 2.75) is 70.4 Å². The summed E-state index contributed by atoms with van der Waals surface area (Å²) in [6, 6.07) is 0.763. The molecule has 0 saturated heterocycles. The van der Waals surface area contributed by atoms with E-state index in [4.69, 9.17) is 0 Å². The number of aliphatic hydroxyl groups is 1. The first-order chi connectivity index (χ1) is 7.77. The Morgan fingerprint density at radius 3 is 2.25 bits per heavy atom. The first-order valence-electron chi connectivity index (χ1n) is 7.19. The van der Waals surface area contributed by atoms with Gasteiger partial charge in [0.05, 0.1) is 6.10 Å². The van der Waals surface area contributed by atoms with Crippen LogP contribution in [0.3, 0.4) is 0 Å². The molecule has 0 spiro atoms. The van der Waals surface area contributed by atoms with Gasteiger partial charge in [-0.15, -0.1) is 0 Å². The molecule has 0 aromatic heterocycles. The van der Waals surface area contributed by atoms with Crippen LogP contribution >= 0.6 is 0 Å². The lowest BCUT2D eigenvalue weighted by Gasteiger charge is -2.31. The quantitative estimate of drug-likeness (QED) is 0.728. The van der Waals surface area contributed by atoms with Gasteiger partial charge in [0.25, 0.3) is 0 Å². The second-order valence-corrected chi connectivity index (χ2v) is 5.85. The fourth-order valence-corrected chi connectivity index (χ4v) is 3.13. The van der Waals surface area contributed by atoms with Gasteiger partial charge in [0.1, 0.15) is 0 Å². The van der Waals surface area contributed by atoms with Gasteiger partial charge in [-0.25, -0.2) is 0 Å². The van der Waals surface area contributed by atoms with Crippen molar-refractivity contribution in [1.82, 2.24) is 5.32 Å². The number of hydrogen-bond donors (Lipinski definition) is 2.